The first-order valence-electron chi connectivity index (χ1n) is 8.27. The number of para-hydroxylation sites is 2. The van der Waals surface area contributed by atoms with Crippen molar-refractivity contribution in [2.24, 2.45) is 0 Å². The molecule has 0 bridgehead atoms. The number of carbonyl (C=O) groups excluding carboxylic acids is 2. The molecule has 0 aliphatic rings. The predicted octanol–water partition coefficient (Wildman–Crippen LogP) is 2.89. The Kier molecular flexibility index (Phi) is 6.83. The first kappa shape index (κ1) is 18.3. The molecule has 6 nitrogen and oxygen atoms in total. The van der Waals surface area contributed by atoms with Gasteiger partial charge in [-0.2, -0.15) is 0 Å². The van der Waals surface area contributed by atoms with Crippen LogP contribution in [0.5, 0.6) is 5.75 Å². The van der Waals surface area contributed by atoms with Gasteiger partial charge in [-0.3, -0.25) is 9.59 Å². The SMILES string of the molecule is CCNC(=O)c1cccc(NC(=O)CNc2ccccc2OCC)c1. The van der Waals surface area contributed by atoms with Gasteiger partial charge in [-0.25, -0.2) is 0 Å². The van der Waals surface area contributed by atoms with Crippen LogP contribution >= 0.6 is 0 Å². The van der Waals surface area contributed by atoms with Crippen LogP contribution in [0.4, 0.5) is 11.4 Å². The maximum Gasteiger partial charge on any atom is 0.251 e. The lowest BCUT2D eigenvalue weighted by molar-refractivity contribution is -0.114. The highest BCUT2D eigenvalue weighted by Crippen LogP contribution is 2.23. The normalized spacial score (nSPS) is 10.0. The largest absolute Gasteiger partial charge is 0.492 e. The Morgan fingerprint density at radius 1 is 1.04 bits per heavy atom. The van der Waals surface area contributed by atoms with Crippen molar-refractivity contribution in [1.82, 2.24) is 5.32 Å². The van der Waals surface area contributed by atoms with E-state index in [4.69, 9.17) is 4.74 Å². The fourth-order valence-corrected chi connectivity index (χ4v) is 2.28. The lowest BCUT2D eigenvalue weighted by atomic mass is 10.2. The van der Waals surface area contributed by atoms with Gasteiger partial charge < -0.3 is 20.7 Å². The molecular weight excluding hydrogens is 318 g/mol. The molecule has 0 aliphatic heterocycles. The molecule has 2 rings (SSSR count). The van der Waals surface area contributed by atoms with Crippen molar-refractivity contribution < 1.29 is 14.3 Å². The summed E-state index contributed by atoms with van der Waals surface area (Å²) in [6.45, 7) is 4.96. The van der Waals surface area contributed by atoms with Gasteiger partial charge in [0.1, 0.15) is 5.75 Å². The number of anilines is 2. The molecule has 0 fully saturated rings. The zero-order chi connectivity index (χ0) is 18.1. The quantitative estimate of drug-likeness (QED) is 0.690. The van der Waals surface area contributed by atoms with Gasteiger partial charge in [-0.1, -0.05) is 18.2 Å². The minimum absolute atomic E-state index is 0.0927. The Labute approximate surface area is 147 Å². The first-order valence-corrected chi connectivity index (χ1v) is 8.27. The molecule has 132 valence electrons. The van der Waals surface area contributed by atoms with E-state index in [9.17, 15) is 9.59 Å². The lowest BCUT2D eigenvalue weighted by Crippen LogP contribution is -2.24. The van der Waals surface area contributed by atoms with Crippen molar-refractivity contribution >= 4 is 23.2 Å². The fraction of sp³-hybridized carbons (Fsp3) is 0.263. The summed E-state index contributed by atoms with van der Waals surface area (Å²) in [5.41, 5.74) is 1.85. The van der Waals surface area contributed by atoms with E-state index in [2.05, 4.69) is 16.0 Å². The van der Waals surface area contributed by atoms with E-state index < -0.39 is 0 Å². The Morgan fingerprint density at radius 2 is 1.84 bits per heavy atom. The topological polar surface area (TPSA) is 79.5 Å². The van der Waals surface area contributed by atoms with Crippen LogP contribution in [-0.4, -0.2) is 31.5 Å². The molecule has 2 amide bonds. The molecule has 0 atom stereocenters. The molecule has 0 heterocycles. The summed E-state index contributed by atoms with van der Waals surface area (Å²) < 4.78 is 5.51. The average Bonchev–Trinajstić information content (AvgIpc) is 2.62. The Morgan fingerprint density at radius 3 is 2.60 bits per heavy atom. The van der Waals surface area contributed by atoms with Crippen LogP contribution in [0.15, 0.2) is 48.5 Å². The average molecular weight is 341 g/mol. The standard InChI is InChI=1S/C19H23N3O3/c1-3-20-19(24)14-8-7-9-15(12-14)22-18(23)13-21-16-10-5-6-11-17(16)25-4-2/h5-12,21H,3-4,13H2,1-2H3,(H,20,24)(H,22,23). The third-order valence-corrected chi connectivity index (χ3v) is 3.37. The van der Waals surface area contributed by atoms with E-state index in [1.165, 1.54) is 0 Å². The second-order valence-corrected chi connectivity index (χ2v) is 5.27. The maximum absolute atomic E-state index is 12.1. The number of nitrogens with one attached hydrogen (secondary N) is 3. The molecule has 2 aromatic rings. The van der Waals surface area contributed by atoms with E-state index >= 15 is 0 Å². The van der Waals surface area contributed by atoms with Gasteiger partial charge in [0, 0.05) is 17.8 Å². The molecule has 0 aromatic heterocycles. The smallest absolute Gasteiger partial charge is 0.251 e. The van der Waals surface area contributed by atoms with E-state index in [0.717, 1.165) is 5.69 Å². The highest BCUT2D eigenvalue weighted by Gasteiger charge is 2.08. The molecule has 2 aromatic carbocycles. The van der Waals surface area contributed by atoms with Crippen LogP contribution in [-0.2, 0) is 4.79 Å². The zero-order valence-electron chi connectivity index (χ0n) is 14.5. The molecule has 0 unspecified atom stereocenters. The monoisotopic (exact) mass is 341 g/mol. The summed E-state index contributed by atoms with van der Waals surface area (Å²) in [7, 11) is 0. The van der Waals surface area contributed by atoms with Crippen LogP contribution < -0.4 is 20.7 Å². The second-order valence-electron chi connectivity index (χ2n) is 5.27. The molecule has 0 aliphatic carbocycles. The Bertz CT molecular complexity index is 731. The van der Waals surface area contributed by atoms with Crippen LogP contribution in [0.1, 0.15) is 24.2 Å². The Hall–Kier alpha value is -3.02. The van der Waals surface area contributed by atoms with Crippen LogP contribution in [0.25, 0.3) is 0 Å². The second kappa shape index (κ2) is 9.32. The summed E-state index contributed by atoms with van der Waals surface area (Å²) >= 11 is 0. The summed E-state index contributed by atoms with van der Waals surface area (Å²) in [4.78, 5) is 24.0. The van der Waals surface area contributed by atoms with Gasteiger partial charge in [0.15, 0.2) is 0 Å². The number of carbonyl (C=O) groups is 2. The number of amides is 2. The van der Waals surface area contributed by atoms with Gasteiger partial charge in [-0.05, 0) is 44.2 Å². The summed E-state index contributed by atoms with van der Waals surface area (Å²) in [6, 6.07) is 14.3. The third kappa shape index (κ3) is 5.53. The third-order valence-electron chi connectivity index (χ3n) is 3.37. The fourth-order valence-electron chi connectivity index (χ4n) is 2.28. The van der Waals surface area contributed by atoms with E-state index in [-0.39, 0.29) is 18.4 Å². The van der Waals surface area contributed by atoms with Crippen molar-refractivity contribution in [3.05, 3.63) is 54.1 Å². The van der Waals surface area contributed by atoms with Crippen molar-refractivity contribution in [2.75, 3.05) is 30.3 Å². The lowest BCUT2D eigenvalue weighted by Gasteiger charge is -2.12. The molecule has 0 saturated carbocycles. The van der Waals surface area contributed by atoms with E-state index in [1.54, 1.807) is 24.3 Å². The zero-order valence-corrected chi connectivity index (χ0v) is 14.5. The highest BCUT2D eigenvalue weighted by molar-refractivity contribution is 5.98. The van der Waals surface area contributed by atoms with Crippen LogP contribution in [0.2, 0.25) is 0 Å². The molecule has 0 spiro atoms. The van der Waals surface area contributed by atoms with Crippen molar-refractivity contribution in [2.45, 2.75) is 13.8 Å². The molecule has 6 heteroatoms. The van der Waals surface area contributed by atoms with Gasteiger partial charge in [-0.15, -0.1) is 0 Å². The van der Waals surface area contributed by atoms with Crippen molar-refractivity contribution in [1.29, 1.82) is 0 Å². The Balaban J connectivity index is 1.95. The van der Waals surface area contributed by atoms with Gasteiger partial charge in [0.2, 0.25) is 5.91 Å². The molecular formula is C19H23N3O3. The van der Waals surface area contributed by atoms with E-state index in [0.29, 0.717) is 30.2 Å². The molecule has 25 heavy (non-hydrogen) atoms. The highest BCUT2D eigenvalue weighted by atomic mass is 16.5. The predicted molar refractivity (Wildman–Crippen MR) is 99.2 cm³/mol. The number of ether oxygens (including phenoxy) is 1. The van der Waals surface area contributed by atoms with Gasteiger partial charge in [0.05, 0.1) is 18.8 Å². The maximum atomic E-state index is 12.1. The summed E-state index contributed by atoms with van der Waals surface area (Å²) in [5, 5.41) is 8.57. The van der Waals surface area contributed by atoms with Crippen LogP contribution in [0, 0.1) is 0 Å². The minimum atomic E-state index is -0.209. The number of rotatable bonds is 8. The number of benzene rings is 2. The molecule has 0 radical (unpaired) electrons. The van der Waals surface area contributed by atoms with Gasteiger partial charge in [0.25, 0.3) is 5.91 Å². The van der Waals surface area contributed by atoms with Crippen LogP contribution in [0.3, 0.4) is 0 Å². The van der Waals surface area contributed by atoms with Crippen molar-refractivity contribution in [3.8, 4) is 5.75 Å². The van der Waals surface area contributed by atoms with Gasteiger partial charge >= 0.3 is 0 Å². The summed E-state index contributed by atoms with van der Waals surface area (Å²) in [5.74, 6) is 0.331. The molecule has 0 saturated heterocycles. The van der Waals surface area contributed by atoms with E-state index in [1.807, 2.05) is 38.1 Å². The summed E-state index contributed by atoms with van der Waals surface area (Å²) in [6.07, 6.45) is 0. The van der Waals surface area contributed by atoms with Crippen molar-refractivity contribution in [3.63, 3.8) is 0 Å². The molecule has 3 N–H and O–H groups in total. The first-order chi connectivity index (χ1) is 12.1. The number of hydrogen-bond acceptors (Lipinski definition) is 4. The minimum Gasteiger partial charge on any atom is -0.492 e. The number of hydrogen-bond donors (Lipinski definition) is 3.